The zero-order chi connectivity index (χ0) is 15.3. The molecule has 2 amide bonds. The molecule has 0 aliphatic carbocycles. The second-order valence-electron chi connectivity index (χ2n) is 5.01. The van der Waals surface area contributed by atoms with E-state index in [1.807, 2.05) is 23.6 Å². The fourth-order valence-corrected chi connectivity index (χ4v) is 3.55. The van der Waals surface area contributed by atoms with Crippen LogP contribution in [-0.4, -0.2) is 17.7 Å². The van der Waals surface area contributed by atoms with Gasteiger partial charge in [0.2, 0.25) is 0 Å². The normalized spacial score (nSPS) is 13.7. The summed E-state index contributed by atoms with van der Waals surface area (Å²) in [6, 6.07) is 7.60. The largest absolute Gasteiger partial charge is 0.383 e. The van der Waals surface area contributed by atoms with E-state index >= 15 is 0 Å². The molecule has 6 heteroatoms. The number of thiophene rings is 2. The van der Waals surface area contributed by atoms with E-state index in [4.69, 9.17) is 0 Å². The molecule has 4 nitrogen and oxygen atoms in total. The maximum absolute atomic E-state index is 11.8. The quantitative estimate of drug-likeness (QED) is 0.765. The molecule has 0 radical (unpaired) electrons. The topological polar surface area (TPSA) is 61.4 Å². The molecular weight excluding hydrogens is 304 g/mol. The fourth-order valence-electron chi connectivity index (χ4n) is 1.86. The Bertz CT molecular complexity index is 576. The molecule has 0 saturated heterocycles. The van der Waals surface area contributed by atoms with Crippen molar-refractivity contribution < 1.29 is 9.90 Å². The molecule has 0 aliphatic rings. The Kier molecular flexibility index (Phi) is 5.39. The molecule has 0 saturated carbocycles. The van der Waals surface area contributed by atoms with Crippen LogP contribution in [0.3, 0.4) is 0 Å². The molecule has 0 fully saturated rings. The van der Waals surface area contributed by atoms with Crippen LogP contribution in [0.4, 0.5) is 4.79 Å². The summed E-state index contributed by atoms with van der Waals surface area (Å²) in [6.45, 7) is 4.51. The predicted octanol–water partition coefficient (Wildman–Crippen LogP) is 3.08. The Morgan fingerprint density at radius 1 is 1.29 bits per heavy atom. The first-order chi connectivity index (χ1) is 10.0. The van der Waals surface area contributed by atoms with Gasteiger partial charge in [-0.25, -0.2) is 4.79 Å². The van der Waals surface area contributed by atoms with Gasteiger partial charge in [0.05, 0.1) is 13.1 Å². The van der Waals surface area contributed by atoms with Gasteiger partial charge in [-0.3, -0.25) is 0 Å². The van der Waals surface area contributed by atoms with Gasteiger partial charge in [-0.1, -0.05) is 13.0 Å². The zero-order valence-electron chi connectivity index (χ0n) is 12.2. The molecule has 1 atom stereocenters. The zero-order valence-corrected chi connectivity index (χ0v) is 13.8. The van der Waals surface area contributed by atoms with Crippen LogP contribution in [0.2, 0.25) is 0 Å². The van der Waals surface area contributed by atoms with Gasteiger partial charge in [-0.05, 0) is 36.9 Å². The number of hydrogen-bond acceptors (Lipinski definition) is 4. The molecule has 1 unspecified atom stereocenters. The van der Waals surface area contributed by atoms with E-state index in [0.717, 1.165) is 16.2 Å². The second kappa shape index (κ2) is 7.06. The average Bonchev–Trinajstić information content (AvgIpc) is 3.13. The molecule has 3 N–H and O–H groups in total. The third kappa shape index (κ3) is 4.56. The molecule has 0 aromatic carbocycles. The van der Waals surface area contributed by atoms with E-state index in [0.29, 0.717) is 6.54 Å². The summed E-state index contributed by atoms with van der Waals surface area (Å²) in [5.74, 6) is 0. The molecule has 2 rings (SSSR count). The van der Waals surface area contributed by atoms with Crippen molar-refractivity contribution in [1.82, 2.24) is 10.6 Å². The van der Waals surface area contributed by atoms with Gasteiger partial charge in [0.1, 0.15) is 5.60 Å². The number of hydrogen-bond donors (Lipinski definition) is 3. The van der Waals surface area contributed by atoms with Crippen LogP contribution in [0, 0.1) is 0 Å². The summed E-state index contributed by atoms with van der Waals surface area (Å²) < 4.78 is 0. The smallest absolute Gasteiger partial charge is 0.315 e. The molecule has 114 valence electrons. The highest BCUT2D eigenvalue weighted by molar-refractivity contribution is 7.12. The van der Waals surface area contributed by atoms with E-state index in [-0.39, 0.29) is 12.6 Å². The summed E-state index contributed by atoms with van der Waals surface area (Å²) in [7, 11) is 0. The van der Waals surface area contributed by atoms with E-state index in [2.05, 4.69) is 23.6 Å². The van der Waals surface area contributed by atoms with Crippen molar-refractivity contribution in [1.29, 1.82) is 0 Å². The van der Waals surface area contributed by atoms with Crippen molar-refractivity contribution in [3.63, 3.8) is 0 Å². The maximum Gasteiger partial charge on any atom is 0.315 e. The lowest BCUT2D eigenvalue weighted by Crippen LogP contribution is -2.42. The van der Waals surface area contributed by atoms with E-state index < -0.39 is 5.60 Å². The minimum atomic E-state index is -1.04. The number of amides is 2. The van der Waals surface area contributed by atoms with Crippen LogP contribution < -0.4 is 10.6 Å². The van der Waals surface area contributed by atoms with Crippen molar-refractivity contribution in [2.24, 2.45) is 0 Å². The van der Waals surface area contributed by atoms with Crippen LogP contribution in [-0.2, 0) is 18.6 Å². The lowest BCUT2D eigenvalue weighted by molar-refractivity contribution is 0.0631. The van der Waals surface area contributed by atoms with Gasteiger partial charge >= 0.3 is 6.03 Å². The Hall–Kier alpha value is -1.37. The van der Waals surface area contributed by atoms with Gasteiger partial charge in [-0.2, -0.15) is 0 Å². The average molecular weight is 324 g/mol. The lowest BCUT2D eigenvalue weighted by atomic mass is 10.1. The third-order valence-electron chi connectivity index (χ3n) is 3.13. The van der Waals surface area contributed by atoms with E-state index in [1.165, 1.54) is 16.2 Å². The summed E-state index contributed by atoms with van der Waals surface area (Å²) in [6.07, 6.45) is 1.01. The highest BCUT2D eigenvalue weighted by atomic mass is 32.1. The number of rotatable bonds is 6. The highest BCUT2D eigenvalue weighted by Gasteiger charge is 2.24. The fraction of sp³-hybridized carbons (Fsp3) is 0.400. The standard InChI is InChI=1S/C15H20N2O2S2/c1-3-11-6-7-12(21-11)9-16-14(18)17-10-15(2,19)13-5-4-8-20-13/h4-8,19H,3,9-10H2,1-2H3,(H2,16,17,18). The third-order valence-corrected chi connectivity index (χ3v) is 5.49. The van der Waals surface area contributed by atoms with Crippen LogP contribution in [0.5, 0.6) is 0 Å². The van der Waals surface area contributed by atoms with Gasteiger partial charge in [0, 0.05) is 14.6 Å². The lowest BCUT2D eigenvalue weighted by Gasteiger charge is -2.22. The number of carbonyl (C=O) groups excluding carboxylic acids is 1. The molecule has 0 spiro atoms. The Labute approximate surface area is 132 Å². The van der Waals surface area contributed by atoms with Gasteiger partial charge in [-0.15, -0.1) is 22.7 Å². The van der Waals surface area contributed by atoms with Crippen molar-refractivity contribution in [3.05, 3.63) is 44.3 Å². The molecule has 0 aliphatic heterocycles. The van der Waals surface area contributed by atoms with Gasteiger partial charge in [0.25, 0.3) is 0 Å². The molecule has 2 heterocycles. The molecular formula is C15H20N2O2S2. The molecule has 2 aromatic rings. The monoisotopic (exact) mass is 324 g/mol. The number of urea groups is 1. The Morgan fingerprint density at radius 2 is 2.05 bits per heavy atom. The maximum atomic E-state index is 11.8. The Balaban J connectivity index is 1.77. The van der Waals surface area contributed by atoms with Crippen molar-refractivity contribution in [2.45, 2.75) is 32.4 Å². The molecule has 0 bridgehead atoms. The van der Waals surface area contributed by atoms with Crippen LogP contribution >= 0.6 is 22.7 Å². The van der Waals surface area contributed by atoms with Crippen LogP contribution in [0.25, 0.3) is 0 Å². The number of nitrogens with one attached hydrogen (secondary N) is 2. The summed E-state index contributed by atoms with van der Waals surface area (Å²) >= 11 is 3.18. The first-order valence-corrected chi connectivity index (χ1v) is 8.56. The van der Waals surface area contributed by atoms with Crippen molar-refractivity contribution in [3.8, 4) is 0 Å². The number of aliphatic hydroxyl groups is 1. The summed E-state index contributed by atoms with van der Waals surface area (Å²) in [5.41, 5.74) is -1.04. The van der Waals surface area contributed by atoms with Gasteiger partial charge in [0.15, 0.2) is 0 Å². The van der Waals surface area contributed by atoms with Crippen LogP contribution in [0.15, 0.2) is 29.6 Å². The van der Waals surface area contributed by atoms with E-state index in [1.54, 1.807) is 18.3 Å². The molecule has 2 aromatic heterocycles. The number of aryl methyl sites for hydroxylation is 1. The second-order valence-corrected chi connectivity index (χ2v) is 7.21. The first-order valence-electron chi connectivity index (χ1n) is 6.87. The molecule has 21 heavy (non-hydrogen) atoms. The summed E-state index contributed by atoms with van der Waals surface area (Å²) in [4.78, 5) is 15.1. The number of carbonyl (C=O) groups is 1. The van der Waals surface area contributed by atoms with Crippen molar-refractivity contribution in [2.75, 3.05) is 6.54 Å². The van der Waals surface area contributed by atoms with E-state index in [9.17, 15) is 9.90 Å². The minimum Gasteiger partial charge on any atom is -0.383 e. The van der Waals surface area contributed by atoms with Crippen LogP contribution in [0.1, 0.15) is 28.5 Å². The SMILES string of the molecule is CCc1ccc(CNC(=O)NCC(C)(O)c2cccs2)s1. The summed E-state index contributed by atoms with van der Waals surface area (Å²) in [5, 5.41) is 17.7. The highest BCUT2D eigenvalue weighted by Crippen LogP contribution is 2.24. The Morgan fingerprint density at radius 3 is 2.67 bits per heavy atom. The van der Waals surface area contributed by atoms with Gasteiger partial charge < -0.3 is 15.7 Å². The predicted molar refractivity (Wildman–Crippen MR) is 87.8 cm³/mol. The minimum absolute atomic E-state index is 0.185. The first kappa shape index (κ1) is 16.0. The van der Waals surface area contributed by atoms with Crippen molar-refractivity contribution >= 4 is 28.7 Å².